The Morgan fingerprint density at radius 1 is 1.28 bits per heavy atom. The lowest BCUT2D eigenvalue weighted by atomic mass is 10.0. The largest absolute Gasteiger partial charge is 0.496 e. The first-order valence-electron chi connectivity index (χ1n) is 5.97. The molecule has 2 nitrogen and oxygen atoms in total. The van der Waals surface area contributed by atoms with E-state index in [4.69, 9.17) is 4.74 Å². The Balaban J connectivity index is 2.23. The van der Waals surface area contributed by atoms with E-state index < -0.39 is 6.10 Å². The van der Waals surface area contributed by atoms with E-state index in [9.17, 15) is 5.11 Å². The molecule has 0 aliphatic carbocycles. The van der Waals surface area contributed by atoms with Gasteiger partial charge in [-0.15, -0.1) is 11.3 Å². The molecule has 2 rings (SSSR count). The maximum absolute atomic E-state index is 10.3. The van der Waals surface area contributed by atoms with Crippen LogP contribution in [0.2, 0.25) is 0 Å². The van der Waals surface area contributed by atoms with E-state index in [1.807, 2.05) is 37.4 Å². The highest BCUT2D eigenvalue weighted by molar-refractivity contribution is 7.10. The van der Waals surface area contributed by atoms with Crippen molar-refractivity contribution in [3.8, 4) is 5.75 Å². The molecular weight excluding hydrogens is 244 g/mol. The van der Waals surface area contributed by atoms with Gasteiger partial charge in [-0.2, -0.15) is 0 Å². The average Bonchev–Trinajstić information content (AvgIpc) is 2.76. The third-order valence-corrected chi connectivity index (χ3v) is 4.17. The summed E-state index contributed by atoms with van der Waals surface area (Å²) < 4.78 is 5.34. The van der Waals surface area contributed by atoms with Crippen molar-refractivity contribution in [3.05, 3.63) is 51.2 Å². The second-order valence-electron chi connectivity index (χ2n) is 4.50. The molecule has 1 aromatic heterocycles. The summed E-state index contributed by atoms with van der Waals surface area (Å²) in [5, 5.41) is 12.3. The molecule has 1 aromatic carbocycles. The van der Waals surface area contributed by atoms with Gasteiger partial charge < -0.3 is 9.84 Å². The minimum atomic E-state index is -0.458. The van der Waals surface area contributed by atoms with Crippen LogP contribution in [-0.2, 0) is 6.42 Å². The Bertz CT molecular complexity index is 531. The third kappa shape index (κ3) is 2.74. The number of rotatable bonds is 4. The lowest BCUT2D eigenvalue weighted by Crippen LogP contribution is -2.03. The highest BCUT2D eigenvalue weighted by Gasteiger charge is 2.15. The summed E-state index contributed by atoms with van der Waals surface area (Å²) in [5.74, 6) is 0.842. The summed E-state index contributed by atoms with van der Waals surface area (Å²) in [4.78, 5) is 1.04. The lowest BCUT2D eigenvalue weighted by Gasteiger charge is -2.14. The van der Waals surface area contributed by atoms with Crippen LogP contribution in [0.5, 0.6) is 5.75 Å². The zero-order valence-corrected chi connectivity index (χ0v) is 11.8. The van der Waals surface area contributed by atoms with Crippen LogP contribution in [0, 0.1) is 13.8 Å². The molecule has 0 aliphatic heterocycles. The van der Waals surface area contributed by atoms with Crippen molar-refractivity contribution in [2.45, 2.75) is 26.4 Å². The minimum Gasteiger partial charge on any atom is -0.496 e. The summed E-state index contributed by atoms with van der Waals surface area (Å²) in [6.45, 7) is 4.08. The number of aryl methyl sites for hydroxylation is 2. The zero-order chi connectivity index (χ0) is 13.1. The minimum absolute atomic E-state index is 0.458. The molecule has 0 aliphatic rings. The molecule has 0 radical (unpaired) electrons. The van der Waals surface area contributed by atoms with Crippen molar-refractivity contribution in [2.75, 3.05) is 7.11 Å². The fourth-order valence-electron chi connectivity index (χ4n) is 2.09. The molecule has 2 aromatic rings. The van der Waals surface area contributed by atoms with Gasteiger partial charge in [0.1, 0.15) is 5.75 Å². The Morgan fingerprint density at radius 2 is 2.06 bits per heavy atom. The van der Waals surface area contributed by atoms with E-state index in [0.29, 0.717) is 6.42 Å². The molecule has 0 amide bonds. The number of benzene rings is 1. The van der Waals surface area contributed by atoms with Gasteiger partial charge in [-0.1, -0.05) is 17.7 Å². The normalized spacial score (nSPS) is 12.4. The van der Waals surface area contributed by atoms with Crippen LogP contribution in [0.15, 0.2) is 29.6 Å². The van der Waals surface area contributed by atoms with E-state index in [-0.39, 0.29) is 0 Å². The predicted octanol–water partition coefficient (Wildman–Crippen LogP) is 3.65. The predicted molar refractivity (Wildman–Crippen MR) is 75.5 cm³/mol. The van der Waals surface area contributed by atoms with Crippen molar-refractivity contribution in [2.24, 2.45) is 0 Å². The quantitative estimate of drug-likeness (QED) is 0.911. The van der Waals surface area contributed by atoms with Crippen LogP contribution < -0.4 is 4.74 Å². The molecular formula is C15H18O2S. The molecule has 0 bridgehead atoms. The number of aliphatic hydroxyl groups excluding tert-OH is 1. The van der Waals surface area contributed by atoms with Gasteiger partial charge in [0.15, 0.2) is 0 Å². The van der Waals surface area contributed by atoms with E-state index in [0.717, 1.165) is 21.8 Å². The van der Waals surface area contributed by atoms with Crippen molar-refractivity contribution < 1.29 is 9.84 Å². The molecule has 96 valence electrons. The zero-order valence-electron chi connectivity index (χ0n) is 10.9. The topological polar surface area (TPSA) is 29.5 Å². The number of hydrogen-bond acceptors (Lipinski definition) is 3. The number of hydrogen-bond donors (Lipinski definition) is 1. The van der Waals surface area contributed by atoms with Gasteiger partial charge in [0.2, 0.25) is 0 Å². The second-order valence-corrected chi connectivity index (χ2v) is 5.45. The molecule has 1 unspecified atom stereocenters. The number of ether oxygens (including phenoxy) is 1. The highest BCUT2D eigenvalue weighted by Crippen LogP contribution is 2.30. The summed E-state index contributed by atoms with van der Waals surface area (Å²) in [6.07, 6.45) is 0.132. The van der Waals surface area contributed by atoms with Crippen LogP contribution in [0.1, 0.15) is 27.7 Å². The summed E-state index contributed by atoms with van der Waals surface area (Å²) in [5.41, 5.74) is 3.39. The van der Waals surface area contributed by atoms with Gasteiger partial charge in [-0.3, -0.25) is 0 Å². The van der Waals surface area contributed by atoms with Crippen LogP contribution in [0.4, 0.5) is 0 Å². The van der Waals surface area contributed by atoms with E-state index in [1.165, 1.54) is 5.56 Å². The van der Waals surface area contributed by atoms with E-state index in [2.05, 4.69) is 6.07 Å². The Kier molecular flexibility index (Phi) is 4.04. The van der Waals surface area contributed by atoms with Gasteiger partial charge in [0.25, 0.3) is 0 Å². The van der Waals surface area contributed by atoms with Gasteiger partial charge in [-0.25, -0.2) is 0 Å². The van der Waals surface area contributed by atoms with E-state index >= 15 is 0 Å². The number of methoxy groups -OCH3 is 1. The Labute approximate surface area is 112 Å². The molecule has 0 fully saturated rings. The Morgan fingerprint density at radius 3 is 2.67 bits per heavy atom. The fraction of sp³-hybridized carbons (Fsp3) is 0.333. The third-order valence-electron chi connectivity index (χ3n) is 3.05. The smallest absolute Gasteiger partial charge is 0.122 e. The van der Waals surface area contributed by atoms with Gasteiger partial charge in [0, 0.05) is 11.3 Å². The molecule has 3 heteroatoms. The monoisotopic (exact) mass is 262 g/mol. The first-order chi connectivity index (χ1) is 8.61. The maximum Gasteiger partial charge on any atom is 0.122 e. The first kappa shape index (κ1) is 13.1. The molecule has 1 atom stereocenters. The van der Waals surface area contributed by atoms with Crippen molar-refractivity contribution in [1.82, 2.24) is 0 Å². The first-order valence-corrected chi connectivity index (χ1v) is 6.85. The van der Waals surface area contributed by atoms with Crippen molar-refractivity contribution in [1.29, 1.82) is 0 Å². The summed E-state index contributed by atoms with van der Waals surface area (Å²) in [6, 6.07) is 8.09. The molecule has 1 heterocycles. The van der Waals surface area contributed by atoms with Crippen LogP contribution in [0.25, 0.3) is 0 Å². The average molecular weight is 262 g/mol. The molecule has 1 N–H and O–H groups in total. The molecule has 0 saturated heterocycles. The number of aliphatic hydroxyl groups is 1. The SMILES string of the molecule is COc1ccc(C)cc1CC(O)c1sccc1C. The van der Waals surface area contributed by atoms with Crippen molar-refractivity contribution in [3.63, 3.8) is 0 Å². The van der Waals surface area contributed by atoms with Crippen molar-refractivity contribution >= 4 is 11.3 Å². The standard InChI is InChI=1S/C15H18O2S/c1-10-4-5-14(17-3)12(8-10)9-13(16)15-11(2)6-7-18-15/h4-8,13,16H,9H2,1-3H3. The van der Waals surface area contributed by atoms with Gasteiger partial charge >= 0.3 is 0 Å². The fourth-order valence-corrected chi connectivity index (χ4v) is 3.01. The van der Waals surface area contributed by atoms with Crippen LogP contribution >= 0.6 is 11.3 Å². The van der Waals surface area contributed by atoms with Gasteiger partial charge in [-0.05, 0) is 42.5 Å². The highest BCUT2D eigenvalue weighted by atomic mass is 32.1. The van der Waals surface area contributed by atoms with Crippen LogP contribution in [-0.4, -0.2) is 12.2 Å². The lowest BCUT2D eigenvalue weighted by molar-refractivity contribution is 0.180. The second kappa shape index (κ2) is 5.55. The van der Waals surface area contributed by atoms with E-state index in [1.54, 1.807) is 18.4 Å². The molecule has 18 heavy (non-hydrogen) atoms. The number of thiophene rings is 1. The van der Waals surface area contributed by atoms with Gasteiger partial charge in [0.05, 0.1) is 13.2 Å². The van der Waals surface area contributed by atoms with Crippen LogP contribution in [0.3, 0.4) is 0 Å². The maximum atomic E-state index is 10.3. The summed E-state index contributed by atoms with van der Waals surface area (Å²) in [7, 11) is 1.66. The Hall–Kier alpha value is -1.32. The summed E-state index contributed by atoms with van der Waals surface area (Å²) >= 11 is 1.60. The molecule has 0 spiro atoms. The molecule has 0 saturated carbocycles.